The molecule has 1 heterocycles. The van der Waals surface area contributed by atoms with Crippen LogP contribution in [0.2, 0.25) is 0 Å². The zero-order chi connectivity index (χ0) is 19.5. The molecular weight excluding hydrogens is 377 g/mol. The van der Waals surface area contributed by atoms with Crippen molar-refractivity contribution < 1.29 is 13.6 Å². The molecule has 1 aliphatic rings. The topological polar surface area (TPSA) is 59.2 Å². The number of aromatic nitrogens is 2. The van der Waals surface area contributed by atoms with Gasteiger partial charge in [-0.2, -0.15) is 0 Å². The SMILES string of the molecule is Cc1ccccc1-c1nnc(SCC(=O)N(Cc2ccccc2F)C2CC2)o1. The number of aryl methyl sites for hydroxylation is 1. The van der Waals surface area contributed by atoms with Crippen molar-refractivity contribution >= 4 is 17.7 Å². The summed E-state index contributed by atoms with van der Waals surface area (Å²) in [6, 6.07) is 14.5. The lowest BCUT2D eigenvalue weighted by Crippen LogP contribution is -2.34. The summed E-state index contributed by atoms with van der Waals surface area (Å²) in [7, 11) is 0. The number of nitrogens with zero attached hydrogens (tertiary/aromatic N) is 3. The van der Waals surface area contributed by atoms with Gasteiger partial charge in [0, 0.05) is 23.7 Å². The molecule has 5 nitrogen and oxygen atoms in total. The third-order valence-electron chi connectivity index (χ3n) is 4.71. The van der Waals surface area contributed by atoms with Crippen molar-refractivity contribution in [3.8, 4) is 11.5 Å². The minimum Gasteiger partial charge on any atom is -0.411 e. The largest absolute Gasteiger partial charge is 0.411 e. The van der Waals surface area contributed by atoms with Crippen molar-refractivity contribution in [1.82, 2.24) is 15.1 Å². The lowest BCUT2D eigenvalue weighted by molar-refractivity contribution is -0.129. The van der Waals surface area contributed by atoms with Crippen molar-refractivity contribution in [2.24, 2.45) is 0 Å². The van der Waals surface area contributed by atoms with Gasteiger partial charge >= 0.3 is 0 Å². The van der Waals surface area contributed by atoms with Crippen LogP contribution in [0.25, 0.3) is 11.5 Å². The van der Waals surface area contributed by atoms with E-state index in [1.165, 1.54) is 17.8 Å². The molecule has 0 saturated heterocycles. The fraction of sp³-hybridized carbons (Fsp3) is 0.286. The summed E-state index contributed by atoms with van der Waals surface area (Å²) in [4.78, 5) is 14.5. The molecule has 1 saturated carbocycles. The highest BCUT2D eigenvalue weighted by molar-refractivity contribution is 7.99. The number of hydrogen-bond acceptors (Lipinski definition) is 5. The fourth-order valence-electron chi connectivity index (χ4n) is 3.01. The summed E-state index contributed by atoms with van der Waals surface area (Å²) in [5.41, 5.74) is 2.46. The van der Waals surface area contributed by atoms with Crippen LogP contribution in [0.5, 0.6) is 0 Å². The third-order valence-corrected chi connectivity index (χ3v) is 5.51. The second kappa shape index (κ2) is 8.14. The fourth-order valence-corrected chi connectivity index (χ4v) is 3.66. The normalized spacial score (nSPS) is 13.5. The van der Waals surface area contributed by atoms with Gasteiger partial charge in [0.05, 0.1) is 5.75 Å². The minimum atomic E-state index is -0.284. The summed E-state index contributed by atoms with van der Waals surface area (Å²) in [5, 5.41) is 8.48. The summed E-state index contributed by atoms with van der Waals surface area (Å²) in [6.45, 7) is 2.27. The standard InChI is InChI=1S/C21H20FN3O2S/c1-14-6-2-4-8-17(14)20-23-24-21(27-20)28-13-19(26)25(16-10-11-16)12-15-7-3-5-9-18(15)22/h2-9,16H,10-13H2,1H3. The number of benzene rings is 2. The van der Waals surface area contributed by atoms with E-state index in [0.717, 1.165) is 24.0 Å². The zero-order valence-corrected chi connectivity index (χ0v) is 16.3. The third kappa shape index (κ3) is 4.25. The smallest absolute Gasteiger partial charge is 0.277 e. The number of thioether (sulfide) groups is 1. The summed E-state index contributed by atoms with van der Waals surface area (Å²) in [5.74, 6) is 0.290. The molecule has 4 rings (SSSR count). The Kier molecular flexibility index (Phi) is 5.43. The van der Waals surface area contributed by atoms with E-state index in [0.29, 0.717) is 16.7 Å². The highest BCUT2D eigenvalue weighted by Crippen LogP contribution is 2.31. The Labute approximate surface area is 167 Å². The van der Waals surface area contributed by atoms with Gasteiger partial charge in [0.25, 0.3) is 5.22 Å². The Balaban J connectivity index is 1.40. The Morgan fingerprint density at radius 1 is 1.18 bits per heavy atom. The highest BCUT2D eigenvalue weighted by Gasteiger charge is 2.33. The Bertz CT molecular complexity index is 987. The molecule has 0 N–H and O–H groups in total. The summed E-state index contributed by atoms with van der Waals surface area (Å²) >= 11 is 1.21. The van der Waals surface area contributed by atoms with Crippen LogP contribution in [-0.2, 0) is 11.3 Å². The maximum Gasteiger partial charge on any atom is 0.277 e. The van der Waals surface area contributed by atoms with Crippen LogP contribution in [0, 0.1) is 12.7 Å². The molecule has 1 fully saturated rings. The van der Waals surface area contributed by atoms with E-state index < -0.39 is 0 Å². The first-order valence-corrected chi connectivity index (χ1v) is 10.2. The first kappa shape index (κ1) is 18.7. The van der Waals surface area contributed by atoms with Gasteiger partial charge in [0.1, 0.15) is 5.82 Å². The van der Waals surface area contributed by atoms with Crippen molar-refractivity contribution in [3.05, 3.63) is 65.5 Å². The van der Waals surface area contributed by atoms with E-state index in [1.807, 2.05) is 31.2 Å². The van der Waals surface area contributed by atoms with Gasteiger partial charge in [-0.05, 0) is 37.5 Å². The molecule has 0 radical (unpaired) electrons. The lowest BCUT2D eigenvalue weighted by Gasteiger charge is -2.22. The quantitative estimate of drug-likeness (QED) is 0.551. The number of carbonyl (C=O) groups excluding carboxylic acids is 1. The zero-order valence-electron chi connectivity index (χ0n) is 15.5. The molecular formula is C21H20FN3O2S. The van der Waals surface area contributed by atoms with Crippen LogP contribution >= 0.6 is 11.8 Å². The van der Waals surface area contributed by atoms with E-state index in [2.05, 4.69) is 10.2 Å². The Hall–Kier alpha value is -2.67. The van der Waals surface area contributed by atoms with Gasteiger partial charge < -0.3 is 9.32 Å². The van der Waals surface area contributed by atoms with Crippen LogP contribution in [-0.4, -0.2) is 32.8 Å². The summed E-state index contributed by atoms with van der Waals surface area (Å²) in [6.07, 6.45) is 1.92. The van der Waals surface area contributed by atoms with Crippen molar-refractivity contribution in [2.75, 3.05) is 5.75 Å². The maximum atomic E-state index is 14.0. The van der Waals surface area contributed by atoms with Gasteiger partial charge in [-0.3, -0.25) is 4.79 Å². The van der Waals surface area contributed by atoms with Crippen LogP contribution in [0.1, 0.15) is 24.0 Å². The molecule has 0 aliphatic heterocycles. The van der Waals surface area contributed by atoms with E-state index >= 15 is 0 Å². The van der Waals surface area contributed by atoms with Gasteiger partial charge in [0.2, 0.25) is 11.8 Å². The number of amides is 1. The average Bonchev–Trinajstić information content (AvgIpc) is 3.43. The van der Waals surface area contributed by atoms with Crippen molar-refractivity contribution in [1.29, 1.82) is 0 Å². The molecule has 0 spiro atoms. The predicted molar refractivity (Wildman–Crippen MR) is 105 cm³/mol. The van der Waals surface area contributed by atoms with E-state index in [9.17, 15) is 9.18 Å². The molecule has 1 amide bonds. The number of rotatable bonds is 7. The Morgan fingerprint density at radius 2 is 1.93 bits per heavy atom. The van der Waals surface area contributed by atoms with Crippen LogP contribution in [0.4, 0.5) is 4.39 Å². The second-order valence-electron chi connectivity index (χ2n) is 6.82. The summed E-state index contributed by atoms with van der Waals surface area (Å²) < 4.78 is 19.7. The van der Waals surface area contributed by atoms with Crippen molar-refractivity contribution in [3.63, 3.8) is 0 Å². The van der Waals surface area contributed by atoms with E-state index in [-0.39, 0.29) is 30.1 Å². The molecule has 7 heteroatoms. The number of carbonyl (C=O) groups is 1. The first-order chi connectivity index (χ1) is 13.6. The van der Waals surface area contributed by atoms with Crippen LogP contribution in [0.15, 0.2) is 58.2 Å². The van der Waals surface area contributed by atoms with Gasteiger partial charge in [-0.25, -0.2) is 4.39 Å². The molecule has 0 unspecified atom stereocenters. The molecule has 144 valence electrons. The average molecular weight is 397 g/mol. The van der Waals surface area contributed by atoms with Gasteiger partial charge in [0.15, 0.2) is 0 Å². The highest BCUT2D eigenvalue weighted by atomic mass is 32.2. The monoisotopic (exact) mass is 397 g/mol. The molecule has 1 aromatic heterocycles. The van der Waals surface area contributed by atoms with E-state index in [4.69, 9.17) is 4.42 Å². The van der Waals surface area contributed by atoms with Crippen molar-refractivity contribution in [2.45, 2.75) is 37.6 Å². The van der Waals surface area contributed by atoms with E-state index in [1.54, 1.807) is 23.1 Å². The number of hydrogen-bond donors (Lipinski definition) is 0. The second-order valence-corrected chi connectivity index (χ2v) is 7.75. The molecule has 0 bridgehead atoms. The molecule has 2 aromatic carbocycles. The molecule has 1 aliphatic carbocycles. The molecule has 3 aromatic rings. The predicted octanol–water partition coefficient (Wildman–Crippen LogP) is 4.47. The number of halogens is 1. The van der Waals surface area contributed by atoms with Crippen LogP contribution < -0.4 is 0 Å². The minimum absolute atomic E-state index is 0.0496. The maximum absolute atomic E-state index is 14.0. The molecule has 0 atom stereocenters. The van der Waals surface area contributed by atoms with Crippen LogP contribution in [0.3, 0.4) is 0 Å². The van der Waals surface area contributed by atoms with Gasteiger partial charge in [-0.1, -0.05) is 48.2 Å². The first-order valence-electron chi connectivity index (χ1n) is 9.17. The Morgan fingerprint density at radius 3 is 2.68 bits per heavy atom. The van der Waals surface area contributed by atoms with Gasteiger partial charge in [-0.15, -0.1) is 10.2 Å². The molecule has 28 heavy (non-hydrogen) atoms. The lowest BCUT2D eigenvalue weighted by atomic mass is 10.1.